The van der Waals surface area contributed by atoms with Gasteiger partial charge in [0.2, 0.25) is 0 Å². The van der Waals surface area contributed by atoms with Crippen LogP contribution in [0.3, 0.4) is 0 Å². The zero-order valence-electron chi connectivity index (χ0n) is 10.5. The second-order valence-electron chi connectivity index (χ2n) is 4.26. The topological polar surface area (TPSA) is 29.1 Å². The summed E-state index contributed by atoms with van der Waals surface area (Å²) in [5.74, 6) is -0.135. The number of nitrogens with one attached hydrogen (secondary N) is 1. The molecule has 0 bridgehead atoms. The molecule has 0 aliphatic carbocycles. The number of halogens is 3. The lowest BCUT2D eigenvalue weighted by molar-refractivity contribution is 0.0951. The second kappa shape index (κ2) is 7.25. The van der Waals surface area contributed by atoms with E-state index in [4.69, 9.17) is 11.6 Å². The van der Waals surface area contributed by atoms with Gasteiger partial charge in [-0.25, -0.2) is 0 Å². The van der Waals surface area contributed by atoms with Crippen LogP contribution in [-0.4, -0.2) is 5.91 Å². The Labute approximate surface area is 139 Å². The molecule has 1 amide bonds. The molecule has 20 heavy (non-hydrogen) atoms. The Kier molecular flexibility index (Phi) is 5.64. The monoisotopic (exact) mass is 415 g/mol. The summed E-state index contributed by atoms with van der Waals surface area (Å²) in [5, 5.41) is 4.23. The van der Waals surface area contributed by atoms with Gasteiger partial charge < -0.3 is 5.32 Å². The minimum atomic E-state index is -0.135. The van der Waals surface area contributed by atoms with E-state index in [9.17, 15) is 4.79 Å². The summed E-state index contributed by atoms with van der Waals surface area (Å²) < 4.78 is 0.779. The highest BCUT2D eigenvalue weighted by Crippen LogP contribution is 2.23. The number of hydrogen-bond donors (Lipinski definition) is 1. The van der Waals surface area contributed by atoms with Crippen molar-refractivity contribution in [1.82, 2.24) is 5.32 Å². The SMILES string of the molecule is O=C(NCc1ccc(CBr)cc1)c1ccc(Br)c(Cl)c1. The van der Waals surface area contributed by atoms with Gasteiger partial charge in [-0.2, -0.15) is 0 Å². The van der Waals surface area contributed by atoms with Gasteiger partial charge in [0.05, 0.1) is 5.02 Å². The number of carbonyl (C=O) groups excluding carboxylic acids is 1. The van der Waals surface area contributed by atoms with Crippen molar-refractivity contribution in [3.05, 3.63) is 68.7 Å². The van der Waals surface area contributed by atoms with Crippen molar-refractivity contribution in [2.24, 2.45) is 0 Å². The summed E-state index contributed by atoms with van der Waals surface area (Å²) in [6.45, 7) is 0.495. The lowest BCUT2D eigenvalue weighted by Crippen LogP contribution is -2.22. The lowest BCUT2D eigenvalue weighted by Gasteiger charge is -2.07. The molecule has 0 saturated heterocycles. The first-order valence-corrected chi connectivity index (χ1v) is 8.26. The number of hydrogen-bond acceptors (Lipinski definition) is 1. The van der Waals surface area contributed by atoms with Crippen molar-refractivity contribution in [3.63, 3.8) is 0 Å². The molecule has 0 fully saturated rings. The van der Waals surface area contributed by atoms with E-state index in [-0.39, 0.29) is 5.91 Å². The van der Waals surface area contributed by atoms with E-state index in [1.54, 1.807) is 18.2 Å². The molecule has 0 unspecified atom stereocenters. The molecule has 1 N–H and O–H groups in total. The van der Waals surface area contributed by atoms with Crippen LogP contribution in [0.5, 0.6) is 0 Å². The molecule has 0 radical (unpaired) electrons. The van der Waals surface area contributed by atoms with Crippen LogP contribution in [0.2, 0.25) is 5.02 Å². The van der Waals surface area contributed by atoms with Crippen LogP contribution >= 0.6 is 43.5 Å². The van der Waals surface area contributed by atoms with Gasteiger partial charge in [0.25, 0.3) is 5.91 Å². The average molecular weight is 418 g/mol. The molecule has 0 atom stereocenters. The van der Waals surface area contributed by atoms with Crippen LogP contribution in [0.4, 0.5) is 0 Å². The molecule has 2 aromatic carbocycles. The second-order valence-corrected chi connectivity index (χ2v) is 6.08. The first-order chi connectivity index (χ1) is 9.60. The van der Waals surface area contributed by atoms with Crippen LogP contribution in [0, 0.1) is 0 Å². The zero-order valence-corrected chi connectivity index (χ0v) is 14.4. The maximum atomic E-state index is 12.0. The van der Waals surface area contributed by atoms with E-state index in [0.717, 1.165) is 15.4 Å². The Morgan fingerprint density at radius 3 is 2.35 bits per heavy atom. The minimum Gasteiger partial charge on any atom is -0.348 e. The van der Waals surface area contributed by atoms with Crippen LogP contribution in [0.25, 0.3) is 0 Å². The number of carbonyl (C=O) groups is 1. The predicted molar refractivity (Wildman–Crippen MR) is 89.4 cm³/mol. The third-order valence-electron chi connectivity index (χ3n) is 2.81. The molecule has 2 nitrogen and oxygen atoms in total. The van der Waals surface area contributed by atoms with E-state index in [2.05, 4.69) is 37.2 Å². The summed E-state index contributed by atoms with van der Waals surface area (Å²) in [5.41, 5.74) is 2.82. The summed E-state index contributed by atoms with van der Waals surface area (Å²) in [6.07, 6.45) is 0. The van der Waals surface area contributed by atoms with Gasteiger partial charge in [0.1, 0.15) is 0 Å². The molecule has 0 aliphatic rings. The third-order valence-corrected chi connectivity index (χ3v) is 4.69. The molecule has 2 rings (SSSR count). The van der Waals surface area contributed by atoms with Gasteiger partial charge in [-0.15, -0.1) is 0 Å². The highest BCUT2D eigenvalue weighted by atomic mass is 79.9. The first-order valence-electron chi connectivity index (χ1n) is 5.97. The molecule has 5 heteroatoms. The average Bonchev–Trinajstić information content (AvgIpc) is 2.48. The highest BCUT2D eigenvalue weighted by molar-refractivity contribution is 9.10. The van der Waals surface area contributed by atoms with Crippen molar-refractivity contribution < 1.29 is 4.79 Å². The molecule has 104 valence electrons. The lowest BCUT2D eigenvalue weighted by atomic mass is 10.1. The van der Waals surface area contributed by atoms with E-state index in [1.165, 1.54) is 5.56 Å². The van der Waals surface area contributed by atoms with Crippen LogP contribution < -0.4 is 5.32 Å². The largest absolute Gasteiger partial charge is 0.348 e. The summed E-state index contributed by atoms with van der Waals surface area (Å²) in [7, 11) is 0. The van der Waals surface area contributed by atoms with Gasteiger partial charge >= 0.3 is 0 Å². The van der Waals surface area contributed by atoms with Crippen molar-refractivity contribution in [3.8, 4) is 0 Å². The fourth-order valence-corrected chi connectivity index (χ4v) is 2.47. The van der Waals surface area contributed by atoms with Crippen LogP contribution in [-0.2, 0) is 11.9 Å². The van der Waals surface area contributed by atoms with E-state index in [1.807, 2.05) is 24.3 Å². The van der Waals surface area contributed by atoms with Crippen LogP contribution in [0.15, 0.2) is 46.9 Å². The van der Waals surface area contributed by atoms with Crippen molar-refractivity contribution >= 4 is 49.4 Å². The molecule has 0 aliphatic heterocycles. The standard InChI is InChI=1S/C15H12Br2ClNO/c16-8-10-1-3-11(4-2-10)9-19-15(20)12-5-6-13(17)14(18)7-12/h1-7H,8-9H2,(H,19,20). The smallest absolute Gasteiger partial charge is 0.251 e. The summed E-state index contributed by atoms with van der Waals surface area (Å²) >= 11 is 12.7. The Hall–Kier alpha value is -0.840. The van der Waals surface area contributed by atoms with E-state index in [0.29, 0.717) is 17.1 Å². The maximum Gasteiger partial charge on any atom is 0.251 e. The molecule has 2 aromatic rings. The van der Waals surface area contributed by atoms with E-state index >= 15 is 0 Å². The molecule has 0 aromatic heterocycles. The minimum absolute atomic E-state index is 0.135. The molecular weight excluding hydrogens is 405 g/mol. The van der Waals surface area contributed by atoms with Gasteiger partial charge in [-0.05, 0) is 45.3 Å². The Morgan fingerprint density at radius 1 is 1.10 bits per heavy atom. The normalized spacial score (nSPS) is 10.3. The molecular formula is C15H12Br2ClNO. The van der Waals surface area contributed by atoms with Crippen molar-refractivity contribution in [1.29, 1.82) is 0 Å². The van der Waals surface area contributed by atoms with Gasteiger partial charge in [-0.1, -0.05) is 51.8 Å². The summed E-state index contributed by atoms with van der Waals surface area (Å²) in [6, 6.07) is 13.2. The fraction of sp³-hybridized carbons (Fsp3) is 0.133. The number of rotatable bonds is 4. The quantitative estimate of drug-likeness (QED) is 0.703. The fourth-order valence-electron chi connectivity index (χ4n) is 1.67. The number of benzene rings is 2. The first kappa shape index (κ1) is 15.5. The molecule has 0 spiro atoms. The Bertz CT molecular complexity index is 614. The van der Waals surface area contributed by atoms with Gasteiger partial charge in [0.15, 0.2) is 0 Å². The Balaban J connectivity index is 1.98. The third kappa shape index (κ3) is 4.08. The Morgan fingerprint density at radius 2 is 1.75 bits per heavy atom. The molecule has 0 heterocycles. The maximum absolute atomic E-state index is 12.0. The van der Waals surface area contributed by atoms with E-state index < -0.39 is 0 Å². The summed E-state index contributed by atoms with van der Waals surface area (Å²) in [4.78, 5) is 12.0. The molecule has 0 saturated carbocycles. The van der Waals surface area contributed by atoms with Gasteiger partial charge in [0, 0.05) is 21.9 Å². The number of amides is 1. The number of alkyl halides is 1. The van der Waals surface area contributed by atoms with Crippen molar-refractivity contribution in [2.75, 3.05) is 0 Å². The highest BCUT2D eigenvalue weighted by Gasteiger charge is 2.07. The zero-order chi connectivity index (χ0) is 14.5. The van der Waals surface area contributed by atoms with Crippen molar-refractivity contribution in [2.45, 2.75) is 11.9 Å². The van der Waals surface area contributed by atoms with Crippen LogP contribution in [0.1, 0.15) is 21.5 Å². The van der Waals surface area contributed by atoms with Gasteiger partial charge in [-0.3, -0.25) is 4.79 Å². The predicted octanol–water partition coefficient (Wildman–Crippen LogP) is 4.93.